The molecule has 3 rings (SSSR count). The molecule has 0 bridgehead atoms. The van der Waals surface area contributed by atoms with Gasteiger partial charge in [0.2, 0.25) is 0 Å². The van der Waals surface area contributed by atoms with Crippen molar-refractivity contribution in [3.05, 3.63) is 101 Å². The molecule has 0 fully saturated rings. The molecule has 0 saturated carbocycles. The van der Waals surface area contributed by atoms with Crippen molar-refractivity contribution in [2.75, 3.05) is 7.11 Å². The van der Waals surface area contributed by atoms with E-state index in [4.69, 9.17) is 9.47 Å². The van der Waals surface area contributed by atoms with E-state index in [-0.39, 0.29) is 12.0 Å². The van der Waals surface area contributed by atoms with E-state index in [2.05, 4.69) is 5.32 Å². The van der Waals surface area contributed by atoms with Crippen molar-refractivity contribution >= 4 is 11.9 Å². The zero-order valence-electron chi connectivity index (χ0n) is 16.5. The van der Waals surface area contributed by atoms with Crippen molar-refractivity contribution < 1.29 is 23.5 Å². The molecule has 0 unspecified atom stereocenters. The summed E-state index contributed by atoms with van der Waals surface area (Å²) >= 11 is 0. The molecule has 1 atom stereocenters. The van der Waals surface area contributed by atoms with E-state index in [1.807, 2.05) is 42.5 Å². The summed E-state index contributed by atoms with van der Waals surface area (Å²) in [6, 6.07) is 21.4. The fraction of sp³-hybridized carbons (Fsp3) is 0.167. The lowest BCUT2D eigenvalue weighted by atomic mass is 10.0. The SMILES string of the molecule is COC(=O)[C@@H](Cc1ccc(OCc2ccccc2)cc1)NC(=O)c1cccc(F)c1. The van der Waals surface area contributed by atoms with Crippen molar-refractivity contribution in [1.82, 2.24) is 5.32 Å². The first-order chi connectivity index (χ1) is 14.5. The maximum atomic E-state index is 13.4. The van der Waals surface area contributed by atoms with Crippen LogP contribution in [0.15, 0.2) is 78.9 Å². The quantitative estimate of drug-likeness (QED) is 0.575. The Morgan fingerprint density at radius 1 is 0.933 bits per heavy atom. The van der Waals surface area contributed by atoms with Gasteiger partial charge >= 0.3 is 5.97 Å². The second-order valence-electron chi connectivity index (χ2n) is 6.68. The Balaban J connectivity index is 1.63. The third kappa shape index (κ3) is 5.91. The lowest BCUT2D eigenvalue weighted by Gasteiger charge is -2.17. The van der Waals surface area contributed by atoms with Crippen LogP contribution in [0.4, 0.5) is 4.39 Å². The summed E-state index contributed by atoms with van der Waals surface area (Å²) < 4.78 is 23.9. The number of hydrogen-bond acceptors (Lipinski definition) is 4. The molecule has 0 aliphatic rings. The van der Waals surface area contributed by atoms with E-state index in [0.717, 1.165) is 17.2 Å². The van der Waals surface area contributed by atoms with Gasteiger partial charge in [-0.05, 0) is 41.5 Å². The van der Waals surface area contributed by atoms with Gasteiger partial charge in [0.15, 0.2) is 0 Å². The van der Waals surface area contributed by atoms with Crippen LogP contribution in [0.3, 0.4) is 0 Å². The van der Waals surface area contributed by atoms with Crippen molar-refractivity contribution in [3.8, 4) is 5.75 Å². The normalized spacial score (nSPS) is 11.4. The predicted molar refractivity (Wildman–Crippen MR) is 111 cm³/mol. The van der Waals surface area contributed by atoms with Crippen LogP contribution in [0.2, 0.25) is 0 Å². The number of carbonyl (C=O) groups excluding carboxylic acids is 2. The minimum absolute atomic E-state index is 0.133. The van der Waals surface area contributed by atoms with Gasteiger partial charge in [-0.25, -0.2) is 9.18 Å². The van der Waals surface area contributed by atoms with E-state index in [9.17, 15) is 14.0 Å². The van der Waals surface area contributed by atoms with Crippen LogP contribution in [0, 0.1) is 5.82 Å². The highest BCUT2D eigenvalue weighted by Crippen LogP contribution is 2.16. The maximum absolute atomic E-state index is 13.4. The Kier molecular flexibility index (Phi) is 7.16. The highest BCUT2D eigenvalue weighted by atomic mass is 19.1. The summed E-state index contributed by atoms with van der Waals surface area (Å²) in [7, 11) is 1.25. The van der Waals surface area contributed by atoms with Gasteiger partial charge in [-0.1, -0.05) is 48.5 Å². The molecule has 1 N–H and O–H groups in total. The summed E-state index contributed by atoms with van der Waals surface area (Å²) in [5.74, 6) is -0.957. The molecule has 0 saturated heterocycles. The van der Waals surface area contributed by atoms with Gasteiger partial charge in [0.05, 0.1) is 7.11 Å². The first kappa shape index (κ1) is 21.0. The molecule has 6 heteroatoms. The molecule has 0 aliphatic heterocycles. The molecule has 0 aliphatic carbocycles. The highest BCUT2D eigenvalue weighted by molar-refractivity contribution is 5.96. The topological polar surface area (TPSA) is 64.6 Å². The zero-order valence-corrected chi connectivity index (χ0v) is 16.5. The summed E-state index contributed by atoms with van der Waals surface area (Å²) in [5.41, 5.74) is 2.01. The Morgan fingerprint density at radius 3 is 2.33 bits per heavy atom. The van der Waals surface area contributed by atoms with Crippen LogP contribution >= 0.6 is 0 Å². The molecule has 5 nitrogen and oxygen atoms in total. The van der Waals surface area contributed by atoms with Crippen molar-refractivity contribution in [2.45, 2.75) is 19.1 Å². The molecule has 30 heavy (non-hydrogen) atoms. The van der Waals surface area contributed by atoms with Gasteiger partial charge in [0.1, 0.15) is 24.2 Å². The molecule has 0 spiro atoms. The summed E-state index contributed by atoms with van der Waals surface area (Å²) in [5, 5.41) is 2.61. The second-order valence-corrected chi connectivity index (χ2v) is 6.68. The van der Waals surface area contributed by atoms with Crippen molar-refractivity contribution in [3.63, 3.8) is 0 Å². The van der Waals surface area contributed by atoms with Crippen LogP contribution in [0.25, 0.3) is 0 Å². The number of amides is 1. The Hall–Kier alpha value is -3.67. The zero-order chi connectivity index (χ0) is 21.3. The lowest BCUT2D eigenvalue weighted by molar-refractivity contribution is -0.142. The second kappa shape index (κ2) is 10.2. The molecule has 3 aromatic carbocycles. The molecule has 154 valence electrons. The number of benzene rings is 3. The molecule has 1 amide bonds. The number of halogens is 1. The van der Waals surface area contributed by atoms with E-state index >= 15 is 0 Å². The molecule has 3 aromatic rings. The van der Waals surface area contributed by atoms with Gasteiger partial charge < -0.3 is 14.8 Å². The molecule has 0 radical (unpaired) electrons. The molecule has 0 aromatic heterocycles. The van der Waals surface area contributed by atoms with Crippen LogP contribution in [0.5, 0.6) is 5.75 Å². The third-order valence-corrected chi connectivity index (χ3v) is 4.49. The van der Waals surface area contributed by atoms with Gasteiger partial charge in [-0.15, -0.1) is 0 Å². The number of hydrogen-bond donors (Lipinski definition) is 1. The monoisotopic (exact) mass is 407 g/mol. The molecule has 0 heterocycles. The first-order valence-corrected chi connectivity index (χ1v) is 9.45. The minimum Gasteiger partial charge on any atom is -0.489 e. The average Bonchev–Trinajstić information content (AvgIpc) is 2.78. The number of ether oxygens (including phenoxy) is 2. The average molecular weight is 407 g/mol. The van der Waals surface area contributed by atoms with E-state index in [0.29, 0.717) is 12.4 Å². The Bertz CT molecular complexity index is 990. The van der Waals surface area contributed by atoms with Crippen molar-refractivity contribution in [2.24, 2.45) is 0 Å². The fourth-order valence-corrected chi connectivity index (χ4v) is 2.91. The Morgan fingerprint density at radius 2 is 1.67 bits per heavy atom. The van der Waals surface area contributed by atoms with Gasteiger partial charge in [0, 0.05) is 12.0 Å². The van der Waals surface area contributed by atoms with Gasteiger partial charge in [0.25, 0.3) is 5.91 Å². The number of esters is 1. The van der Waals surface area contributed by atoms with Crippen LogP contribution < -0.4 is 10.1 Å². The number of rotatable bonds is 8. The van der Waals surface area contributed by atoms with Crippen LogP contribution in [-0.2, 0) is 22.6 Å². The smallest absolute Gasteiger partial charge is 0.328 e. The van der Waals surface area contributed by atoms with Gasteiger partial charge in [-0.3, -0.25) is 4.79 Å². The van der Waals surface area contributed by atoms with Crippen LogP contribution in [0.1, 0.15) is 21.5 Å². The predicted octanol–water partition coefficient (Wildman–Crippen LogP) is 3.92. The fourth-order valence-electron chi connectivity index (χ4n) is 2.91. The number of nitrogens with one attached hydrogen (secondary N) is 1. The van der Waals surface area contributed by atoms with Crippen LogP contribution in [-0.4, -0.2) is 25.0 Å². The Labute approximate surface area is 174 Å². The first-order valence-electron chi connectivity index (χ1n) is 9.45. The van der Waals surface area contributed by atoms with Gasteiger partial charge in [-0.2, -0.15) is 0 Å². The standard InChI is InChI=1S/C24H22FNO4/c1-29-24(28)22(26-23(27)19-8-5-9-20(25)15-19)14-17-10-12-21(13-11-17)30-16-18-6-3-2-4-7-18/h2-13,15,22H,14,16H2,1H3,(H,26,27)/t22-/m1/s1. The number of methoxy groups -OCH3 is 1. The molecular formula is C24H22FNO4. The highest BCUT2D eigenvalue weighted by Gasteiger charge is 2.23. The largest absolute Gasteiger partial charge is 0.489 e. The maximum Gasteiger partial charge on any atom is 0.328 e. The van der Waals surface area contributed by atoms with E-state index in [1.165, 1.54) is 25.3 Å². The van der Waals surface area contributed by atoms with E-state index < -0.39 is 23.7 Å². The summed E-state index contributed by atoms with van der Waals surface area (Å²) in [4.78, 5) is 24.5. The summed E-state index contributed by atoms with van der Waals surface area (Å²) in [6.07, 6.45) is 0.229. The minimum atomic E-state index is -0.901. The summed E-state index contributed by atoms with van der Waals surface area (Å²) in [6.45, 7) is 0.453. The molecular weight excluding hydrogens is 385 g/mol. The van der Waals surface area contributed by atoms with Crippen molar-refractivity contribution in [1.29, 1.82) is 0 Å². The lowest BCUT2D eigenvalue weighted by Crippen LogP contribution is -2.43. The third-order valence-electron chi connectivity index (χ3n) is 4.49. The number of carbonyl (C=O) groups is 2. The van der Waals surface area contributed by atoms with E-state index in [1.54, 1.807) is 12.1 Å².